The zero-order chi connectivity index (χ0) is 25.8. The summed E-state index contributed by atoms with van der Waals surface area (Å²) in [6.07, 6.45) is 1.09. The Morgan fingerprint density at radius 3 is 2.27 bits per heavy atom. The maximum absolute atomic E-state index is 13.8. The molecule has 0 aromatic heterocycles. The summed E-state index contributed by atoms with van der Waals surface area (Å²) in [6.45, 7) is 5.34. The molecule has 0 bridgehead atoms. The third-order valence-corrected chi connectivity index (χ3v) is 6.77. The highest BCUT2D eigenvalue weighted by Gasteiger charge is 2.59. The number of ether oxygens (including phenoxy) is 2. The third kappa shape index (κ3) is 4.91. The molecule has 2 saturated heterocycles. The zero-order valence-corrected chi connectivity index (χ0v) is 21.2. The number of rotatable bonds is 10. The monoisotopic (exact) mass is 500 g/mol. The van der Waals surface area contributed by atoms with E-state index in [0.29, 0.717) is 24.7 Å². The van der Waals surface area contributed by atoms with E-state index in [0.717, 1.165) is 29.7 Å². The van der Waals surface area contributed by atoms with Crippen LogP contribution in [-0.2, 0) is 21.0 Å². The number of imide groups is 1. The molecule has 0 saturated carbocycles. The standard InChI is InChI=1S/C30H32N2O5/c1-3-5-18-36-24-17-16-22(19-25(24)35-4-2)27-26-28(37-32(27)23-14-10-7-11-15-23)30(34)31(29(26)33)20-21-12-8-6-9-13-21/h6-17,19,26-28H,3-5,18,20H2,1-2H3/t26-,27+,28+/m0/s1. The van der Waals surface area contributed by atoms with Gasteiger partial charge in [-0.15, -0.1) is 0 Å². The van der Waals surface area contributed by atoms with Gasteiger partial charge in [-0.2, -0.15) is 0 Å². The van der Waals surface area contributed by atoms with E-state index in [2.05, 4.69) is 6.92 Å². The van der Waals surface area contributed by atoms with E-state index < -0.39 is 18.1 Å². The van der Waals surface area contributed by atoms with Crippen LogP contribution in [0.4, 0.5) is 5.69 Å². The first-order valence-corrected chi connectivity index (χ1v) is 12.9. The fourth-order valence-electron chi connectivity index (χ4n) is 4.95. The second-order valence-corrected chi connectivity index (χ2v) is 9.25. The zero-order valence-electron chi connectivity index (χ0n) is 21.2. The molecule has 7 nitrogen and oxygen atoms in total. The van der Waals surface area contributed by atoms with Crippen LogP contribution in [0.3, 0.4) is 0 Å². The molecule has 2 aliphatic rings. The second-order valence-electron chi connectivity index (χ2n) is 9.25. The van der Waals surface area contributed by atoms with Gasteiger partial charge in [0.15, 0.2) is 17.6 Å². The lowest BCUT2D eigenvalue weighted by atomic mass is 9.90. The molecule has 37 heavy (non-hydrogen) atoms. The summed E-state index contributed by atoms with van der Waals surface area (Å²) in [4.78, 5) is 34.8. The predicted molar refractivity (Wildman–Crippen MR) is 140 cm³/mol. The number of carbonyl (C=O) groups excluding carboxylic acids is 2. The van der Waals surface area contributed by atoms with Crippen molar-refractivity contribution < 1.29 is 23.9 Å². The Morgan fingerprint density at radius 1 is 0.838 bits per heavy atom. The van der Waals surface area contributed by atoms with Crippen molar-refractivity contribution >= 4 is 17.5 Å². The lowest BCUT2D eigenvalue weighted by Gasteiger charge is -2.29. The van der Waals surface area contributed by atoms with Crippen molar-refractivity contribution in [1.29, 1.82) is 0 Å². The number of hydrogen-bond acceptors (Lipinski definition) is 6. The minimum atomic E-state index is -0.891. The van der Waals surface area contributed by atoms with Gasteiger partial charge in [0.05, 0.1) is 31.5 Å². The van der Waals surface area contributed by atoms with Gasteiger partial charge in [0, 0.05) is 0 Å². The molecule has 2 amide bonds. The number of amides is 2. The van der Waals surface area contributed by atoms with Gasteiger partial charge in [0.25, 0.3) is 5.91 Å². The van der Waals surface area contributed by atoms with Crippen molar-refractivity contribution in [3.8, 4) is 11.5 Å². The van der Waals surface area contributed by atoms with Crippen LogP contribution in [0, 0.1) is 5.92 Å². The number of carbonyl (C=O) groups is 2. The number of anilines is 1. The second kappa shape index (κ2) is 11.0. The van der Waals surface area contributed by atoms with E-state index in [9.17, 15) is 9.59 Å². The fourth-order valence-corrected chi connectivity index (χ4v) is 4.95. The molecule has 0 unspecified atom stereocenters. The minimum Gasteiger partial charge on any atom is -0.490 e. The average Bonchev–Trinajstić information content (AvgIpc) is 3.43. The van der Waals surface area contributed by atoms with Crippen LogP contribution in [0.2, 0.25) is 0 Å². The number of unbranched alkanes of at least 4 members (excludes halogenated alkanes) is 1. The summed E-state index contributed by atoms with van der Waals surface area (Å²) in [5, 5.41) is 1.70. The van der Waals surface area contributed by atoms with Gasteiger partial charge in [-0.3, -0.25) is 19.3 Å². The SMILES string of the molecule is CCCCOc1ccc([C@@H]2[C@@H]3C(=O)N(Cc4ccccc4)C(=O)[C@@H]3ON2c2ccccc2)cc1OCC. The number of para-hydroxylation sites is 1. The first-order chi connectivity index (χ1) is 18.1. The first-order valence-electron chi connectivity index (χ1n) is 12.9. The van der Waals surface area contributed by atoms with E-state index >= 15 is 0 Å². The highest BCUT2D eigenvalue weighted by Crippen LogP contribution is 2.48. The largest absolute Gasteiger partial charge is 0.490 e. The van der Waals surface area contributed by atoms with Crippen LogP contribution >= 0.6 is 0 Å². The quantitative estimate of drug-likeness (QED) is 0.278. The lowest BCUT2D eigenvalue weighted by molar-refractivity contribution is -0.143. The summed E-state index contributed by atoms with van der Waals surface area (Å²) in [6, 6.07) is 24.3. The number of likely N-dealkylation sites (tertiary alicyclic amines) is 1. The Kier molecular flexibility index (Phi) is 7.42. The predicted octanol–water partition coefficient (Wildman–Crippen LogP) is 5.31. The van der Waals surface area contributed by atoms with Gasteiger partial charge >= 0.3 is 0 Å². The van der Waals surface area contributed by atoms with Crippen molar-refractivity contribution in [2.24, 2.45) is 5.92 Å². The first kappa shape index (κ1) is 24.8. The van der Waals surface area contributed by atoms with Gasteiger partial charge in [-0.05, 0) is 48.7 Å². The summed E-state index contributed by atoms with van der Waals surface area (Å²) in [5.74, 6) is 0.0545. The van der Waals surface area contributed by atoms with Crippen LogP contribution in [0.25, 0.3) is 0 Å². The topological polar surface area (TPSA) is 68.3 Å². The molecular weight excluding hydrogens is 468 g/mol. The van der Waals surface area contributed by atoms with E-state index in [-0.39, 0.29) is 18.4 Å². The molecule has 0 radical (unpaired) electrons. The average molecular weight is 501 g/mol. The number of fused-ring (bicyclic) bond motifs is 1. The van der Waals surface area contributed by atoms with Crippen LogP contribution in [0.5, 0.6) is 11.5 Å². The summed E-state index contributed by atoms with van der Waals surface area (Å²) >= 11 is 0. The Hall–Kier alpha value is -3.84. The van der Waals surface area contributed by atoms with E-state index in [1.807, 2.05) is 85.8 Å². The summed E-state index contributed by atoms with van der Waals surface area (Å²) in [5.41, 5.74) is 2.50. The van der Waals surface area contributed by atoms with Gasteiger partial charge < -0.3 is 9.47 Å². The Bertz CT molecular complexity index is 1230. The molecule has 2 heterocycles. The highest BCUT2D eigenvalue weighted by molar-refractivity contribution is 6.07. The molecule has 3 atom stereocenters. The molecular formula is C30H32N2O5. The fraction of sp³-hybridized carbons (Fsp3) is 0.333. The van der Waals surface area contributed by atoms with Crippen LogP contribution in [-0.4, -0.2) is 36.0 Å². The molecule has 5 rings (SSSR count). The van der Waals surface area contributed by atoms with Crippen molar-refractivity contribution in [2.45, 2.75) is 45.4 Å². The van der Waals surface area contributed by atoms with Gasteiger partial charge in [0.1, 0.15) is 5.92 Å². The molecule has 0 N–H and O–H groups in total. The van der Waals surface area contributed by atoms with Crippen LogP contribution in [0.15, 0.2) is 78.9 Å². The van der Waals surface area contributed by atoms with Gasteiger partial charge in [0.2, 0.25) is 5.91 Å². The van der Waals surface area contributed by atoms with Crippen molar-refractivity contribution in [1.82, 2.24) is 4.90 Å². The van der Waals surface area contributed by atoms with Gasteiger partial charge in [-0.25, -0.2) is 5.06 Å². The molecule has 192 valence electrons. The van der Waals surface area contributed by atoms with Crippen LogP contribution < -0.4 is 14.5 Å². The Labute approximate surface area is 217 Å². The van der Waals surface area contributed by atoms with Crippen molar-refractivity contribution in [3.05, 3.63) is 90.0 Å². The lowest BCUT2D eigenvalue weighted by Crippen LogP contribution is -2.36. The number of hydroxylamine groups is 1. The number of nitrogens with zero attached hydrogens (tertiary/aromatic N) is 2. The van der Waals surface area contributed by atoms with E-state index in [4.69, 9.17) is 14.3 Å². The molecule has 2 aliphatic heterocycles. The van der Waals surface area contributed by atoms with E-state index in [1.165, 1.54) is 4.90 Å². The number of hydrogen-bond donors (Lipinski definition) is 0. The third-order valence-electron chi connectivity index (χ3n) is 6.77. The van der Waals surface area contributed by atoms with Crippen LogP contribution in [0.1, 0.15) is 43.9 Å². The molecule has 0 aliphatic carbocycles. The summed E-state index contributed by atoms with van der Waals surface area (Å²) in [7, 11) is 0. The molecule has 7 heteroatoms. The Balaban J connectivity index is 1.51. The van der Waals surface area contributed by atoms with Crippen molar-refractivity contribution in [2.75, 3.05) is 18.3 Å². The molecule has 0 spiro atoms. The summed E-state index contributed by atoms with van der Waals surface area (Å²) < 4.78 is 11.9. The Morgan fingerprint density at radius 2 is 1.57 bits per heavy atom. The minimum absolute atomic E-state index is 0.224. The smallest absolute Gasteiger partial charge is 0.262 e. The number of benzene rings is 3. The molecule has 2 fully saturated rings. The van der Waals surface area contributed by atoms with Crippen molar-refractivity contribution in [3.63, 3.8) is 0 Å². The van der Waals surface area contributed by atoms with Gasteiger partial charge in [-0.1, -0.05) is 67.9 Å². The molecule has 3 aromatic rings. The highest BCUT2D eigenvalue weighted by atomic mass is 16.7. The molecule has 3 aromatic carbocycles. The maximum atomic E-state index is 13.8. The van der Waals surface area contributed by atoms with E-state index in [1.54, 1.807) is 5.06 Å². The normalized spacial score (nSPS) is 20.9. The maximum Gasteiger partial charge on any atom is 0.262 e.